The average Bonchev–Trinajstić information content (AvgIpc) is 3.03. The molecule has 1 heterocycles. The van der Waals surface area contributed by atoms with Crippen LogP contribution in [0.4, 0.5) is 13.2 Å². The summed E-state index contributed by atoms with van der Waals surface area (Å²) in [6.07, 6.45) is -1.00. The van der Waals surface area contributed by atoms with Gasteiger partial charge in [0.25, 0.3) is 5.89 Å². The van der Waals surface area contributed by atoms with E-state index in [0.717, 1.165) is 31.4 Å². The molecule has 1 aromatic carbocycles. The molecule has 1 saturated carbocycles. The Bertz CT molecular complexity index is 787. The number of hydrogen-bond donors (Lipinski definition) is 0. The zero-order chi connectivity index (χ0) is 19.4. The van der Waals surface area contributed by atoms with Crippen LogP contribution in [0, 0.1) is 5.92 Å². The number of ether oxygens (including phenoxy) is 1. The number of rotatable bonds is 7. The Morgan fingerprint density at radius 2 is 2.15 bits per heavy atom. The van der Waals surface area contributed by atoms with Gasteiger partial charge in [0, 0.05) is 25.9 Å². The fourth-order valence-corrected chi connectivity index (χ4v) is 2.70. The number of carbonyl (C=O) groups is 1. The van der Waals surface area contributed by atoms with Crippen molar-refractivity contribution in [2.24, 2.45) is 5.92 Å². The molecule has 0 radical (unpaired) electrons. The molecule has 0 saturated heterocycles. The number of hydrogen-bond acceptors (Lipinski definition) is 5. The van der Waals surface area contributed by atoms with Crippen LogP contribution in [0.15, 0.2) is 28.8 Å². The lowest BCUT2D eigenvalue weighted by Crippen LogP contribution is -2.37. The second kappa shape index (κ2) is 7.98. The van der Waals surface area contributed by atoms with E-state index in [4.69, 9.17) is 9.26 Å². The molecule has 1 aromatic heterocycles. The summed E-state index contributed by atoms with van der Waals surface area (Å²) in [5.41, 5.74) is -0.787. The van der Waals surface area contributed by atoms with E-state index in [1.807, 2.05) is 0 Å². The van der Waals surface area contributed by atoms with Crippen LogP contribution in [0.2, 0.25) is 0 Å². The Kier molecular flexibility index (Phi) is 5.67. The van der Waals surface area contributed by atoms with Gasteiger partial charge in [-0.25, -0.2) is 0 Å². The first kappa shape index (κ1) is 19.2. The van der Waals surface area contributed by atoms with Crippen LogP contribution in [0.3, 0.4) is 0 Å². The Morgan fingerprint density at radius 3 is 2.81 bits per heavy atom. The van der Waals surface area contributed by atoms with Crippen molar-refractivity contribution in [3.63, 3.8) is 0 Å². The lowest BCUT2D eigenvalue weighted by Gasteiger charge is -2.28. The molecule has 0 atom stereocenters. The van der Waals surface area contributed by atoms with Gasteiger partial charge in [0.1, 0.15) is 5.75 Å². The highest BCUT2D eigenvalue weighted by Crippen LogP contribution is 2.31. The molecule has 1 aliphatic rings. The van der Waals surface area contributed by atoms with Gasteiger partial charge in [-0.15, -0.1) is 0 Å². The Hall–Kier alpha value is -2.58. The maximum atomic E-state index is 12.7. The lowest BCUT2D eigenvalue weighted by atomic mass is 9.84. The van der Waals surface area contributed by atoms with Crippen LogP contribution < -0.4 is 4.74 Å². The fourth-order valence-electron chi connectivity index (χ4n) is 2.70. The van der Waals surface area contributed by atoms with Gasteiger partial charge in [0.2, 0.25) is 5.91 Å². The average molecular weight is 383 g/mol. The van der Waals surface area contributed by atoms with E-state index < -0.39 is 11.7 Å². The number of likely N-dealkylation sites (N-methyl/N-ethyl adjacent to an activating group) is 1. The summed E-state index contributed by atoms with van der Waals surface area (Å²) in [5.74, 6) is 0.922. The van der Waals surface area contributed by atoms with Crippen LogP contribution in [-0.2, 0) is 24.0 Å². The molecule has 27 heavy (non-hydrogen) atoms. The minimum Gasteiger partial charge on any atom is -0.484 e. The van der Waals surface area contributed by atoms with Crippen LogP contribution >= 0.6 is 0 Å². The second-order valence-electron chi connectivity index (χ2n) is 6.56. The maximum absolute atomic E-state index is 12.7. The van der Waals surface area contributed by atoms with Gasteiger partial charge in [-0.05, 0) is 31.0 Å². The maximum Gasteiger partial charge on any atom is 0.416 e. The highest BCUT2D eigenvalue weighted by molar-refractivity contribution is 5.79. The third-order valence-electron chi connectivity index (χ3n) is 4.54. The predicted octanol–water partition coefficient (Wildman–Crippen LogP) is 3.47. The smallest absolute Gasteiger partial charge is 0.416 e. The van der Waals surface area contributed by atoms with Crippen LogP contribution in [-0.4, -0.2) is 34.5 Å². The molecule has 3 rings (SSSR count). The molecule has 0 N–H and O–H groups in total. The Morgan fingerprint density at radius 1 is 1.37 bits per heavy atom. The minimum atomic E-state index is -4.43. The molecule has 1 aliphatic carbocycles. The summed E-state index contributed by atoms with van der Waals surface area (Å²) in [5, 5.41) is 3.81. The molecule has 0 unspecified atom stereocenters. The molecule has 0 bridgehead atoms. The number of amides is 1. The van der Waals surface area contributed by atoms with Crippen molar-refractivity contribution in [3.8, 4) is 5.75 Å². The predicted molar refractivity (Wildman–Crippen MR) is 88.8 cm³/mol. The molecule has 0 spiro atoms. The molecule has 1 amide bonds. The SMILES string of the molecule is CN(CCc1noc(COc2cccc(C(F)(F)F)c2)n1)C(=O)C1CCC1. The van der Waals surface area contributed by atoms with Gasteiger partial charge in [-0.2, -0.15) is 18.2 Å². The molecular formula is C18H20F3N3O3. The number of alkyl halides is 3. The summed E-state index contributed by atoms with van der Waals surface area (Å²) in [6.45, 7) is 0.341. The monoisotopic (exact) mass is 383 g/mol. The second-order valence-corrected chi connectivity index (χ2v) is 6.56. The first-order chi connectivity index (χ1) is 12.8. The number of aromatic nitrogens is 2. The van der Waals surface area contributed by atoms with Crippen molar-refractivity contribution in [2.75, 3.05) is 13.6 Å². The number of halogens is 3. The van der Waals surface area contributed by atoms with Crippen LogP contribution in [0.25, 0.3) is 0 Å². The van der Waals surface area contributed by atoms with E-state index >= 15 is 0 Å². The molecule has 6 nitrogen and oxygen atoms in total. The van der Waals surface area contributed by atoms with Gasteiger partial charge < -0.3 is 14.2 Å². The van der Waals surface area contributed by atoms with Crippen molar-refractivity contribution in [1.29, 1.82) is 0 Å². The van der Waals surface area contributed by atoms with E-state index in [1.165, 1.54) is 12.1 Å². The molecule has 1 fully saturated rings. The Balaban J connectivity index is 1.49. The summed E-state index contributed by atoms with van der Waals surface area (Å²) >= 11 is 0. The number of carbonyl (C=O) groups excluding carboxylic acids is 1. The van der Waals surface area contributed by atoms with Crippen molar-refractivity contribution in [2.45, 2.75) is 38.5 Å². The first-order valence-electron chi connectivity index (χ1n) is 8.69. The van der Waals surface area contributed by atoms with Gasteiger partial charge in [-0.1, -0.05) is 17.6 Å². The summed E-state index contributed by atoms with van der Waals surface area (Å²) in [7, 11) is 1.75. The quantitative estimate of drug-likeness (QED) is 0.732. The summed E-state index contributed by atoms with van der Waals surface area (Å²) in [4.78, 5) is 17.9. The van der Waals surface area contributed by atoms with Crippen molar-refractivity contribution in [3.05, 3.63) is 41.5 Å². The highest BCUT2D eigenvalue weighted by atomic mass is 19.4. The van der Waals surface area contributed by atoms with Gasteiger partial charge in [0.15, 0.2) is 12.4 Å². The van der Waals surface area contributed by atoms with Crippen LogP contribution in [0.5, 0.6) is 5.75 Å². The van der Waals surface area contributed by atoms with Crippen LogP contribution in [0.1, 0.15) is 36.5 Å². The standard InChI is InChI=1S/C18H20F3N3O3/c1-24(17(25)12-4-2-5-12)9-8-15-22-16(27-23-15)11-26-14-7-3-6-13(10-14)18(19,20)21/h3,6-7,10,12H,2,4-5,8-9,11H2,1H3. The molecule has 9 heteroatoms. The van der Waals surface area contributed by atoms with Crippen molar-refractivity contribution >= 4 is 5.91 Å². The highest BCUT2D eigenvalue weighted by Gasteiger charge is 2.30. The zero-order valence-corrected chi connectivity index (χ0v) is 14.8. The normalized spacial score (nSPS) is 14.7. The van der Waals surface area contributed by atoms with E-state index in [0.29, 0.717) is 18.8 Å². The summed E-state index contributed by atoms with van der Waals surface area (Å²) < 4.78 is 48.4. The molecule has 146 valence electrons. The number of benzene rings is 1. The fraction of sp³-hybridized carbons (Fsp3) is 0.500. The molecule has 0 aliphatic heterocycles. The third kappa shape index (κ3) is 4.99. The van der Waals surface area contributed by atoms with E-state index in [1.54, 1.807) is 11.9 Å². The molecular weight excluding hydrogens is 363 g/mol. The van der Waals surface area contributed by atoms with E-state index in [2.05, 4.69) is 10.1 Å². The summed E-state index contributed by atoms with van der Waals surface area (Å²) in [6, 6.07) is 4.58. The Labute approximate surface area is 154 Å². The molecule has 2 aromatic rings. The lowest BCUT2D eigenvalue weighted by molar-refractivity contribution is -0.138. The van der Waals surface area contributed by atoms with E-state index in [-0.39, 0.29) is 30.1 Å². The third-order valence-corrected chi connectivity index (χ3v) is 4.54. The zero-order valence-electron chi connectivity index (χ0n) is 14.8. The number of nitrogens with zero attached hydrogens (tertiary/aromatic N) is 3. The topological polar surface area (TPSA) is 68.5 Å². The first-order valence-corrected chi connectivity index (χ1v) is 8.69. The van der Waals surface area contributed by atoms with Crippen molar-refractivity contribution < 1.29 is 27.2 Å². The minimum absolute atomic E-state index is 0.0652. The van der Waals surface area contributed by atoms with Crippen molar-refractivity contribution in [1.82, 2.24) is 15.0 Å². The van der Waals surface area contributed by atoms with Gasteiger partial charge in [0.05, 0.1) is 5.56 Å². The van der Waals surface area contributed by atoms with Gasteiger partial charge >= 0.3 is 6.18 Å². The largest absolute Gasteiger partial charge is 0.484 e. The van der Waals surface area contributed by atoms with Gasteiger partial charge in [-0.3, -0.25) is 4.79 Å². The van der Waals surface area contributed by atoms with E-state index in [9.17, 15) is 18.0 Å².